The van der Waals surface area contributed by atoms with Crippen LogP contribution in [0.3, 0.4) is 0 Å². The lowest BCUT2D eigenvalue weighted by atomic mass is 10.2. The highest BCUT2D eigenvalue weighted by Crippen LogP contribution is 2.16. The van der Waals surface area contributed by atoms with Gasteiger partial charge < -0.3 is 0 Å². The number of halogens is 1. The SMILES string of the molecule is Cc1nc2ccccc2nc1Cn1cnc2ccc(Br)cc2c1=O. The van der Waals surface area contributed by atoms with Gasteiger partial charge in [-0.1, -0.05) is 28.1 Å². The molecule has 5 nitrogen and oxygen atoms in total. The number of hydrogen-bond donors (Lipinski definition) is 0. The molecule has 0 saturated carbocycles. The molecular formula is C18H13BrN4O. The van der Waals surface area contributed by atoms with Gasteiger partial charge in [-0.3, -0.25) is 9.36 Å². The number of hydrogen-bond acceptors (Lipinski definition) is 4. The summed E-state index contributed by atoms with van der Waals surface area (Å²) in [7, 11) is 0. The molecule has 2 aromatic heterocycles. The standard InChI is InChI=1S/C18H13BrN4O/c1-11-17(22-16-5-3-2-4-15(16)21-11)9-23-10-20-14-7-6-12(19)8-13(14)18(23)24/h2-8,10H,9H2,1H3. The van der Waals surface area contributed by atoms with E-state index in [-0.39, 0.29) is 5.56 Å². The minimum atomic E-state index is -0.0874. The quantitative estimate of drug-likeness (QED) is 0.534. The van der Waals surface area contributed by atoms with Crippen molar-refractivity contribution < 1.29 is 0 Å². The molecule has 6 heteroatoms. The third-order valence-corrected chi connectivity index (χ3v) is 4.44. The molecule has 0 saturated heterocycles. The van der Waals surface area contributed by atoms with E-state index in [4.69, 9.17) is 0 Å². The zero-order valence-electron chi connectivity index (χ0n) is 12.9. The molecule has 2 aromatic carbocycles. The molecule has 4 rings (SSSR count). The Morgan fingerprint density at radius 1 is 1.04 bits per heavy atom. The fourth-order valence-corrected chi connectivity index (χ4v) is 3.04. The van der Waals surface area contributed by atoms with Gasteiger partial charge in [-0.25, -0.2) is 15.0 Å². The van der Waals surface area contributed by atoms with Gasteiger partial charge in [0.2, 0.25) is 0 Å². The van der Waals surface area contributed by atoms with E-state index >= 15 is 0 Å². The van der Waals surface area contributed by atoms with E-state index in [1.54, 1.807) is 17.0 Å². The molecule has 0 unspecified atom stereocenters. The molecule has 0 N–H and O–H groups in total. The molecule has 0 bridgehead atoms. The molecule has 0 radical (unpaired) electrons. The van der Waals surface area contributed by atoms with Gasteiger partial charge in [0.1, 0.15) is 0 Å². The molecule has 0 spiro atoms. The molecule has 0 amide bonds. The van der Waals surface area contributed by atoms with Crippen LogP contribution in [0, 0.1) is 6.92 Å². The van der Waals surface area contributed by atoms with Crippen LogP contribution in [-0.2, 0) is 6.54 Å². The van der Waals surface area contributed by atoms with Crippen molar-refractivity contribution in [3.8, 4) is 0 Å². The topological polar surface area (TPSA) is 60.7 Å². The van der Waals surface area contributed by atoms with Gasteiger partial charge in [0, 0.05) is 4.47 Å². The third-order valence-electron chi connectivity index (χ3n) is 3.95. The Hall–Kier alpha value is -2.60. The van der Waals surface area contributed by atoms with Gasteiger partial charge in [0.05, 0.1) is 46.2 Å². The van der Waals surface area contributed by atoms with E-state index in [1.807, 2.05) is 43.3 Å². The van der Waals surface area contributed by atoms with Crippen molar-refractivity contribution in [2.45, 2.75) is 13.5 Å². The predicted molar refractivity (Wildman–Crippen MR) is 97.1 cm³/mol. The molecule has 0 atom stereocenters. The molecule has 0 aliphatic carbocycles. The van der Waals surface area contributed by atoms with E-state index in [1.165, 1.54) is 0 Å². The Bertz CT molecular complexity index is 1140. The minimum absolute atomic E-state index is 0.0874. The van der Waals surface area contributed by atoms with Crippen molar-refractivity contribution in [3.05, 3.63) is 75.0 Å². The van der Waals surface area contributed by atoms with E-state index in [0.29, 0.717) is 17.4 Å². The summed E-state index contributed by atoms with van der Waals surface area (Å²) in [6.45, 7) is 2.25. The highest BCUT2D eigenvalue weighted by Gasteiger charge is 2.09. The van der Waals surface area contributed by atoms with Crippen LogP contribution in [0.25, 0.3) is 21.9 Å². The maximum absolute atomic E-state index is 12.7. The van der Waals surface area contributed by atoms with Crippen molar-refractivity contribution in [2.24, 2.45) is 0 Å². The second-order valence-electron chi connectivity index (χ2n) is 5.58. The summed E-state index contributed by atoms with van der Waals surface area (Å²) < 4.78 is 2.42. The normalized spacial score (nSPS) is 11.2. The van der Waals surface area contributed by atoms with Crippen LogP contribution in [0.5, 0.6) is 0 Å². The second kappa shape index (κ2) is 5.79. The number of fused-ring (bicyclic) bond motifs is 2. The minimum Gasteiger partial charge on any atom is -0.293 e. The lowest BCUT2D eigenvalue weighted by molar-refractivity contribution is 0.723. The fourth-order valence-electron chi connectivity index (χ4n) is 2.68. The number of aromatic nitrogens is 4. The summed E-state index contributed by atoms with van der Waals surface area (Å²) in [5.74, 6) is 0. The molecule has 0 fully saturated rings. The second-order valence-corrected chi connectivity index (χ2v) is 6.50. The molecule has 2 heterocycles. The average molecular weight is 381 g/mol. The summed E-state index contributed by atoms with van der Waals surface area (Å²) in [4.78, 5) is 26.3. The Balaban J connectivity index is 1.83. The number of aryl methyl sites for hydroxylation is 1. The van der Waals surface area contributed by atoms with E-state index in [9.17, 15) is 4.79 Å². The summed E-state index contributed by atoms with van der Waals surface area (Å²) in [5, 5.41) is 0.582. The Morgan fingerprint density at radius 3 is 2.58 bits per heavy atom. The first-order valence-electron chi connectivity index (χ1n) is 7.49. The maximum Gasteiger partial charge on any atom is 0.261 e. The Kier molecular flexibility index (Phi) is 3.61. The van der Waals surface area contributed by atoms with Gasteiger partial charge >= 0.3 is 0 Å². The summed E-state index contributed by atoms with van der Waals surface area (Å²) in [6.07, 6.45) is 1.56. The van der Waals surface area contributed by atoms with Crippen LogP contribution in [0.15, 0.2) is 58.1 Å². The highest BCUT2D eigenvalue weighted by atomic mass is 79.9. The Morgan fingerprint density at radius 2 is 1.79 bits per heavy atom. The third kappa shape index (κ3) is 2.59. The fraction of sp³-hybridized carbons (Fsp3) is 0.111. The smallest absolute Gasteiger partial charge is 0.261 e. The molecular weight excluding hydrogens is 368 g/mol. The zero-order valence-corrected chi connectivity index (χ0v) is 14.5. The zero-order chi connectivity index (χ0) is 16.7. The first kappa shape index (κ1) is 15.0. The number of benzene rings is 2. The largest absolute Gasteiger partial charge is 0.293 e. The molecule has 24 heavy (non-hydrogen) atoms. The highest BCUT2D eigenvalue weighted by molar-refractivity contribution is 9.10. The van der Waals surface area contributed by atoms with Crippen LogP contribution in [0.2, 0.25) is 0 Å². The van der Waals surface area contributed by atoms with Gasteiger partial charge in [-0.2, -0.15) is 0 Å². The first-order valence-corrected chi connectivity index (χ1v) is 8.28. The average Bonchev–Trinajstić information content (AvgIpc) is 2.58. The number of para-hydroxylation sites is 2. The summed E-state index contributed by atoms with van der Waals surface area (Å²) in [5.41, 5.74) is 3.85. The lowest BCUT2D eigenvalue weighted by Gasteiger charge is -2.09. The van der Waals surface area contributed by atoms with Crippen molar-refractivity contribution in [1.82, 2.24) is 19.5 Å². The van der Waals surface area contributed by atoms with Gasteiger partial charge in [-0.15, -0.1) is 0 Å². The van der Waals surface area contributed by atoms with Crippen LogP contribution in [0.1, 0.15) is 11.4 Å². The molecule has 4 aromatic rings. The van der Waals surface area contributed by atoms with Crippen molar-refractivity contribution in [2.75, 3.05) is 0 Å². The first-order chi connectivity index (χ1) is 11.6. The molecule has 0 aliphatic rings. The van der Waals surface area contributed by atoms with Crippen LogP contribution in [0.4, 0.5) is 0 Å². The predicted octanol–water partition coefficient (Wildman–Crippen LogP) is 3.46. The number of nitrogens with zero attached hydrogens (tertiary/aromatic N) is 4. The Labute approximate surface area is 146 Å². The maximum atomic E-state index is 12.7. The van der Waals surface area contributed by atoms with Crippen molar-refractivity contribution >= 4 is 37.9 Å². The van der Waals surface area contributed by atoms with Gasteiger partial charge in [-0.05, 0) is 37.3 Å². The van der Waals surface area contributed by atoms with Crippen LogP contribution < -0.4 is 5.56 Å². The molecule has 118 valence electrons. The van der Waals surface area contributed by atoms with Crippen molar-refractivity contribution in [1.29, 1.82) is 0 Å². The number of rotatable bonds is 2. The van der Waals surface area contributed by atoms with Gasteiger partial charge in [0.15, 0.2) is 0 Å². The monoisotopic (exact) mass is 380 g/mol. The van der Waals surface area contributed by atoms with E-state index in [0.717, 1.165) is 26.9 Å². The van der Waals surface area contributed by atoms with Gasteiger partial charge in [0.25, 0.3) is 5.56 Å². The lowest BCUT2D eigenvalue weighted by Crippen LogP contribution is -2.22. The summed E-state index contributed by atoms with van der Waals surface area (Å²) in [6, 6.07) is 13.2. The van der Waals surface area contributed by atoms with Crippen LogP contribution in [-0.4, -0.2) is 19.5 Å². The van der Waals surface area contributed by atoms with E-state index in [2.05, 4.69) is 30.9 Å². The molecule has 0 aliphatic heterocycles. The van der Waals surface area contributed by atoms with Crippen molar-refractivity contribution in [3.63, 3.8) is 0 Å². The van der Waals surface area contributed by atoms with Crippen LogP contribution >= 0.6 is 15.9 Å². The summed E-state index contributed by atoms with van der Waals surface area (Å²) >= 11 is 3.40. The van der Waals surface area contributed by atoms with E-state index < -0.39 is 0 Å².